The van der Waals surface area contributed by atoms with E-state index in [1.54, 1.807) is 6.08 Å². The highest BCUT2D eigenvalue weighted by Crippen LogP contribution is 2.33. The molecule has 0 atom stereocenters. The molecule has 2 aromatic rings. The van der Waals surface area contributed by atoms with Gasteiger partial charge in [0, 0.05) is 6.08 Å². The maximum absolute atomic E-state index is 10.6. The Balaban J connectivity index is 1.36. The molecule has 178 valence electrons. The van der Waals surface area contributed by atoms with Gasteiger partial charge >= 0.3 is 5.97 Å². The summed E-state index contributed by atoms with van der Waals surface area (Å²) < 4.78 is 6.12. The van der Waals surface area contributed by atoms with Gasteiger partial charge in [-0.05, 0) is 59.6 Å². The normalized spacial score (nSPS) is 18.5. The molecule has 0 heterocycles. The first-order valence-electron chi connectivity index (χ1n) is 12.9. The molecule has 1 fully saturated rings. The van der Waals surface area contributed by atoms with Crippen LogP contribution in [-0.2, 0) is 4.79 Å². The average Bonchev–Trinajstić information content (AvgIpc) is 2.85. The fourth-order valence-corrected chi connectivity index (χ4v) is 4.81. The Bertz CT molecular complexity index is 843. The van der Waals surface area contributed by atoms with Crippen molar-refractivity contribution in [2.45, 2.75) is 77.6 Å². The lowest BCUT2D eigenvalue weighted by molar-refractivity contribution is -0.131. The van der Waals surface area contributed by atoms with E-state index in [-0.39, 0.29) is 0 Å². The number of aliphatic carboxylic acids is 1. The number of hydrogen-bond acceptors (Lipinski definition) is 2. The number of unbranched alkanes of at least 4 members (excludes halogenated alkanes) is 5. The van der Waals surface area contributed by atoms with Crippen molar-refractivity contribution in [1.29, 1.82) is 0 Å². The van der Waals surface area contributed by atoms with E-state index in [1.165, 1.54) is 70.6 Å². The minimum Gasteiger partial charge on any atom is -0.493 e. The van der Waals surface area contributed by atoms with Crippen LogP contribution in [0.15, 0.2) is 54.6 Å². The number of carbonyl (C=O) groups is 1. The van der Waals surface area contributed by atoms with E-state index in [2.05, 4.69) is 31.2 Å². The fraction of sp³-hybridized carbons (Fsp3) is 0.500. The summed E-state index contributed by atoms with van der Waals surface area (Å²) in [7, 11) is 0. The van der Waals surface area contributed by atoms with Gasteiger partial charge in [-0.25, -0.2) is 4.79 Å². The molecule has 2 aromatic carbocycles. The topological polar surface area (TPSA) is 46.5 Å². The van der Waals surface area contributed by atoms with Gasteiger partial charge in [-0.2, -0.15) is 0 Å². The molecule has 0 amide bonds. The van der Waals surface area contributed by atoms with E-state index >= 15 is 0 Å². The van der Waals surface area contributed by atoms with Crippen molar-refractivity contribution in [2.24, 2.45) is 11.8 Å². The van der Waals surface area contributed by atoms with Gasteiger partial charge in [-0.3, -0.25) is 0 Å². The van der Waals surface area contributed by atoms with Crippen LogP contribution in [0.25, 0.3) is 17.2 Å². The van der Waals surface area contributed by atoms with Gasteiger partial charge < -0.3 is 9.84 Å². The van der Waals surface area contributed by atoms with E-state index in [9.17, 15) is 4.79 Å². The third-order valence-corrected chi connectivity index (χ3v) is 6.93. The van der Waals surface area contributed by atoms with Crippen LogP contribution in [0.1, 0.15) is 83.1 Å². The largest absolute Gasteiger partial charge is 0.493 e. The second-order valence-corrected chi connectivity index (χ2v) is 9.57. The Hall–Kier alpha value is -2.55. The average molecular weight is 449 g/mol. The SMILES string of the molecule is CCCCCCCC[C@H]1CC[C@H](COc2ccc(-c3ccc(/C=C/C(=O)O)cc3)cc2)CC1. The van der Waals surface area contributed by atoms with Gasteiger partial charge in [-0.1, -0.05) is 101 Å². The first-order chi connectivity index (χ1) is 16.1. The van der Waals surface area contributed by atoms with Crippen molar-refractivity contribution in [2.75, 3.05) is 6.61 Å². The van der Waals surface area contributed by atoms with Gasteiger partial charge in [-0.15, -0.1) is 0 Å². The van der Waals surface area contributed by atoms with Crippen molar-refractivity contribution >= 4 is 12.0 Å². The molecule has 0 aliphatic heterocycles. The summed E-state index contributed by atoms with van der Waals surface area (Å²) in [5, 5.41) is 8.73. The zero-order valence-corrected chi connectivity index (χ0v) is 20.2. The maximum atomic E-state index is 10.6. The zero-order chi connectivity index (χ0) is 23.3. The number of carboxylic acids is 1. The zero-order valence-electron chi connectivity index (χ0n) is 20.2. The van der Waals surface area contributed by atoms with Crippen LogP contribution < -0.4 is 4.74 Å². The van der Waals surface area contributed by atoms with Gasteiger partial charge in [0.1, 0.15) is 5.75 Å². The van der Waals surface area contributed by atoms with Gasteiger partial charge in [0.15, 0.2) is 0 Å². The van der Waals surface area contributed by atoms with Gasteiger partial charge in [0.05, 0.1) is 6.61 Å². The first kappa shape index (κ1) is 25.1. The van der Waals surface area contributed by atoms with Crippen molar-refractivity contribution in [3.05, 3.63) is 60.2 Å². The number of benzene rings is 2. The molecule has 1 aliphatic carbocycles. The van der Waals surface area contributed by atoms with Crippen LogP contribution in [0, 0.1) is 11.8 Å². The summed E-state index contributed by atoms with van der Waals surface area (Å²) in [4.78, 5) is 10.6. The third kappa shape index (κ3) is 9.07. The first-order valence-corrected chi connectivity index (χ1v) is 12.9. The van der Waals surface area contributed by atoms with Gasteiger partial charge in [0.25, 0.3) is 0 Å². The smallest absolute Gasteiger partial charge is 0.328 e. The van der Waals surface area contributed by atoms with E-state index in [0.29, 0.717) is 5.92 Å². The van der Waals surface area contributed by atoms with E-state index in [4.69, 9.17) is 9.84 Å². The molecule has 0 bridgehead atoms. The molecule has 1 saturated carbocycles. The van der Waals surface area contributed by atoms with Crippen LogP contribution >= 0.6 is 0 Å². The minimum atomic E-state index is -0.934. The lowest BCUT2D eigenvalue weighted by Crippen LogP contribution is -2.20. The number of carboxylic acid groups (broad SMARTS) is 1. The number of rotatable bonds is 13. The monoisotopic (exact) mass is 448 g/mol. The quantitative estimate of drug-likeness (QED) is 0.247. The predicted molar refractivity (Wildman–Crippen MR) is 137 cm³/mol. The van der Waals surface area contributed by atoms with Crippen LogP contribution in [0.5, 0.6) is 5.75 Å². The Kier molecular flexibility index (Phi) is 10.5. The third-order valence-electron chi connectivity index (χ3n) is 6.93. The highest BCUT2D eigenvalue weighted by molar-refractivity contribution is 5.85. The molecule has 0 aromatic heterocycles. The summed E-state index contributed by atoms with van der Waals surface area (Å²) in [6, 6.07) is 16.2. The van der Waals surface area contributed by atoms with Crippen LogP contribution in [-0.4, -0.2) is 17.7 Å². The highest BCUT2D eigenvalue weighted by Gasteiger charge is 2.21. The Labute approximate surface area is 199 Å². The van der Waals surface area contributed by atoms with Crippen molar-refractivity contribution < 1.29 is 14.6 Å². The maximum Gasteiger partial charge on any atom is 0.328 e. The van der Waals surface area contributed by atoms with E-state index in [0.717, 1.165) is 41.0 Å². The van der Waals surface area contributed by atoms with Crippen molar-refractivity contribution in [3.8, 4) is 16.9 Å². The fourth-order valence-electron chi connectivity index (χ4n) is 4.81. The second-order valence-electron chi connectivity index (χ2n) is 9.57. The molecule has 33 heavy (non-hydrogen) atoms. The highest BCUT2D eigenvalue weighted by atomic mass is 16.5. The standard InChI is InChI=1S/C30H40O3/c1-2-3-4-5-6-7-8-24-9-11-26(12-10-24)23-33-29-20-18-28(19-21-29)27-16-13-25(14-17-27)15-22-30(31)32/h13-22,24,26H,2-12,23H2,1H3,(H,31,32)/b22-15+/t24-,26-. The second kappa shape index (κ2) is 13.9. The lowest BCUT2D eigenvalue weighted by atomic mass is 9.80. The molecule has 3 rings (SSSR count). The molecule has 0 radical (unpaired) electrons. The number of ether oxygens (including phenoxy) is 1. The lowest BCUT2D eigenvalue weighted by Gasteiger charge is -2.28. The van der Waals surface area contributed by atoms with E-state index < -0.39 is 5.97 Å². The van der Waals surface area contributed by atoms with E-state index in [1.807, 2.05) is 24.3 Å². The summed E-state index contributed by atoms with van der Waals surface area (Å²) in [5.41, 5.74) is 3.12. The van der Waals surface area contributed by atoms with Crippen molar-refractivity contribution in [1.82, 2.24) is 0 Å². The summed E-state index contributed by atoms with van der Waals surface area (Å²) >= 11 is 0. The Morgan fingerprint density at radius 3 is 2.06 bits per heavy atom. The minimum absolute atomic E-state index is 0.692. The summed E-state index contributed by atoms with van der Waals surface area (Å²) in [5.74, 6) is 1.64. The number of hydrogen-bond donors (Lipinski definition) is 1. The van der Waals surface area contributed by atoms with Crippen molar-refractivity contribution in [3.63, 3.8) is 0 Å². The molecule has 0 saturated heterocycles. The Morgan fingerprint density at radius 2 is 1.42 bits per heavy atom. The predicted octanol–water partition coefficient (Wildman–Crippen LogP) is 8.39. The Morgan fingerprint density at radius 1 is 0.848 bits per heavy atom. The van der Waals surface area contributed by atoms with Crippen LogP contribution in [0.2, 0.25) is 0 Å². The molecular weight excluding hydrogens is 408 g/mol. The molecule has 3 nitrogen and oxygen atoms in total. The molecule has 3 heteroatoms. The van der Waals surface area contributed by atoms with Gasteiger partial charge in [0.2, 0.25) is 0 Å². The molecule has 0 spiro atoms. The molecule has 0 unspecified atom stereocenters. The van der Waals surface area contributed by atoms with Crippen LogP contribution in [0.3, 0.4) is 0 Å². The van der Waals surface area contributed by atoms with Crippen LogP contribution in [0.4, 0.5) is 0 Å². The molecular formula is C30H40O3. The molecule has 1 N–H and O–H groups in total. The summed E-state index contributed by atoms with van der Waals surface area (Å²) in [6.45, 7) is 3.11. The summed E-state index contributed by atoms with van der Waals surface area (Å²) in [6.07, 6.45) is 18.0. The molecule has 1 aliphatic rings.